The third-order valence-electron chi connectivity index (χ3n) is 3.02. The topological polar surface area (TPSA) is 87.7 Å². The van der Waals surface area contributed by atoms with E-state index in [1.165, 1.54) is 25.1 Å². The first-order valence-electron chi connectivity index (χ1n) is 7.23. The first-order chi connectivity index (χ1) is 11.5. The second kappa shape index (κ2) is 8.21. The first-order valence-corrected chi connectivity index (χ1v) is 7.60. The molecule has 2 amide bonds. The Morgan fingerprint density at radius 1 is 1.21 bits per heavy atom. The van der Waals surface area contributed by atoms with Crippen molar-refractivity contribution in [2.24, 2.45) is 0 Å². The van der Waals surface area contributed by atoms with Gasteiger partial charge in [-0.25, -0.2) is 0 Å². The van der Waals surface area contributed by atoms with Crippen LogP contribution in [0.5, 0.6) is 11.5 Å². The molecule has 0 saturated carbocycles. The van der Waals surface area contributed by atoms with E-state index in [4.69, 9.17) is 16.3 Å². The summed E-state index contributed by atoms with van der Waals surface area (Å²) >= 11 is 5.77. The SMILES string of the molecule is CC(=O)Nc1cccc(OCCNC(=O)c2ccc(O)c(Cl)c2)c1. The average molecular weight is 349 g/mol. The summed E-state index contributed by atoms with van der Waals surface area (Å²) in [7, 11) is 0. The lowest BCUT2D eigenvalue weighted by Crippen LogP contribution is -2.28. The van der Waals surface area contributed by atoms with Crippen molar-refractivity contribution < 1.29 is 19.4 Å². The van der Waals surface area contributed by atoms with Crippen LogP contribution in [-0.4, -0.2) is 30.1 Å². The number of anilines is 1. The van der Waals surface area contributed by atoms with Gasteiger partial charge in [-0.15, -0.1) is 0 Å². The highest BCUT2D eigenvalue weighted by atomic mass is 35.5. The monoisotopic (exact) mass is 348 g/mol. The number of carbonyl (C=O) groups is 2. The summed E-state index contributed by atoms with van der Waals surface area (Å²) < 4.78 is 5.53. The molecule has 0 aliphatic heterocycles. The highest BCUT2D eigenvalue weighted by Crippen LogP contribution is 2.23. The van der Waals surface area contributed by atoms with E-state index >= 15 is 0 Å². The smallest absolute Gasteiger partial charge is 0.251 e. The molecule has 7 heteroatoms. The van der Waals surface area contributed by atoms with Crippen molar-refractivity contribution in [3.05, 3.63) is 53.1 Å². The molecule has 0 spiro atoms. The largest absolute Gasteiger partial charge is 0.506 e. The Kier molecular flexibility index (Phi) is 6.03. The number of phenolic OH excluding ortho intramolecular Hbond substituents is 1. The molecule has 6 nitrogen and oxygen atoms in total. The highest BCUT2D eigenvalue weighted by Gasteiger charge is 2.08. The number of carbonyl (C=O) groups excluding carboxylic acids is 2. The molecule has 2 aromatic carbocycles. The van der Waals surface area contributed by atoms with Gasteiger partial charge in [0, 0.05) is 24.2 Å². The normalized spacial score (nSPS) is 10.1. The van der Waals surface area contributed by atoms with E-state index in [1.54, 1.807) is 24.3 Å². The summed E-state index contributed by atoms with van der Waals surface area (Å²) in [6.45, 7) is 1.99. The number of nitrogens with one attached hydrogen (secondary N) is 2. The maximum atomic E-state index is 11.9. The number of aromatic hydroxyl groups is 1. The van der Waals surface area contributed by atoms with Crippen LogP contribution < -0.4 is 15.4 Å². The molecule has 0 fully saturated rings. The standard InChI is InChI=1S/C17H17ClN2O4/c1-11(21)20-13-3-2-4-14(10-13)24-8-7-19-17(23)12-5-6-16(22)15(18)9-12/h2-6,9-10,22H,7-8H2,1H3,(H,19,23)(H,20,21). The molecule has 2 aromatic rings. The number of hydrogen-bond donors (Lipinski definition) is 3. The Bertz CT molecular complexity index is 749. The van der Waals surface area contributed by atoms with Crippen LogP contribution >= 0.6 is 11.6 Å². The quantitative estimate of drug-likeness (QED) is 0.700. The number of ether oxygens (including phenoxy) is 1. The second-order valence-electron chi connectivity index (χ2n) is 4.98. The Morgan fingerprint density at radius 2 is 2.00 bits per heavy atom. The second-order valence-corrected chi connectivity index (χ2v) is 5.39. The molecule has 0 heterocycles. The predicted molar refractivity (Wildman–Crippen MR) is 91.7 cm³/mol. The van der Waals surface area contributed by atoms with Gasteiger partial charge in [0.2, 0.25) is 5.91 Å². The van der Waals surface area contributed by atoms with E-state index in [0.29, 0.717) is 23.5 Å². The zero-order chi connectivity index (χ0) is 17.5. The molecular weight excluding hydrogens is 332 g/mol. The van der Waals surface area contributed by atoms with Crippen LogP contribution in [0.2, 0.25) is 5.02 Å². The Labute approximate surface area is 144 Å². The molecule has 2 rings (SSSR count). The Balaban J connectivity index is 1.81. The van der Waals surface area contributed by atoms with Crippen LogP contribution in [0.15, 0.2) is 42.5 Å². The van der Waals surface area contributed by atoms with Crippen LogP contribution in [0, 0.1) is 0 Å². The molecular formula is C17H17ClN2O4. The molecule has 0 unspecified atom stereocenters. The van der Waals surface area contributed by atoms with Gasteiger partial charge < -0.3 is 20.5 Å². The minimum Gasteiger partial charge on any atom is -0.506 e. The van der Waals surface area contributed by atoms with Crippen molar-refractivity contribution >= 4 is 29.1 Å². The van der Waals surface area contributed by atoms with Gasteiger partial charge in [-0.05, 0) is 30.3 Å². The number of halogens is 1. The van der Waals surface area contributed by atoms with Crippen molar-refractivity contribution in [3.63, 3.8) is 0 Å². The summed E-state index contributed by atoms with van der Waals surface area (Å²) in [6, 6.07) is 11.2. The van der Waals surface area contributed by atoms with Crippen LogP contribution in [0.25, 0.3) is 0 Å². The van der Waals surface area contributed by atoms with Gasteiger partial charge in [-0.2, -0.15) is 0 Å². The lowest BCUT2D eigenvalue weighted by molar-refractivity contribution is -0.114. The van der Waals surface area contributed by atoms with Crippen LogP contribution in [-0.2, 0) is 4.79 Å². The van der Waals surface area contributed by atoms with E-state index in [1.807, 2.05) is 0 Å². The third kappa shape index (κ3) is 5.17. The minimum atomic E-state index is -0.313. The van der Waals surface area contributed by atoms with Crippen LogP contribution in [0.3, 0.4) is 0 Å². The maximum absolute atomic E-state index is 11.9. The van der Waals surface area contributed by atoms with Crippen LogP contribution in [0.4, 0.5) is 5.69 Å². The van der Waals surface area contributed by atoms with Crippen molar-refractivity contribution in [2.75, 3.05) is 18.5 Å². The Morgan fingerprint density at radius 3 is 2.71 bits per heavy atom. The maximum Gasteiger partial charge on any atom is 0.251 e. The number of phenols is 1. The molecule has 0 aliphatic rings. The number of rotatable bonds is 6. The first kappa shape index (κ1) is 17.6. The molecule has 0 atom stereocenters. The molecule has 24 heavy (non-hydrogen) atoms. The van der Waals surface area contributed by atoms with Crippen molar-refractivity contribution in [1.29, 1.82) is 0 Å². The van der Waals surface area contributed by atoms with Crippen molar-refractivity contribution in [3.8, 4) is 11.5 Å². The van der Waals surface area contributed by atoms with Gasteiger partial charge in [0.25, 0.3) is 5.91 Å². The molecule has 0 aliphatic carbocycles. The summed E-state index contributed by atoms with van der Waals surface area (Å²) in [5.41, 5.74) is 0.994. The molecule has 3 N–H and O–H groups in total. The summed E-state index contributed by atoms with van der Waals surface area (Å²) in [4.78, 5) is 23.0. The van der Waals surface area contributed by atoms with E-state index in [0.717, 1.165) is 0 Å². The zero-order valence-corrected chi connectivity index (χ0v) is 13.8. The van der Waals surface area contributed by atoms with Gasteiger partial charge in [-0.1, -0.05) is 17.7 Å². The van der Waals surface area contributed by atoms with E-state index in [9.17, 15) is 14.7 Å². The lowest BCUT2D eigenvalue weighted by Gasteiger charge is -2.09. The van der Waals surface area contributed by atoms with E-state index < -0.39 is 0 Å². The van der Waals surface area contributed by atoms with Gasteiger partial charge in [0.05, 0.1) is 11.6 Å². The number of benzene rings is 2. The van der Waals surface area contributed by atoms with Gasteiger partial charge >= 0.3 is 0 Å². The summed E-state index contributed by atoms with van der Waals surface area (Å²) in [5.74, 6) is 0.0400. The Hall–Kier alpha value is -2.73. The van der Waals surface area contributed by atoms with Gasteiger partial charge in [0.15, 0.2) is 0 Å². The molecule has 0 saturated heterocycles. The van der Waals surface area contributed by atoms with Crippen molar-refractivity contribution in [2.45, 2.75) is 6.92 Å². The molecule has 0 bridgehead atoms. The molecule has 0 radical (unpaired) electrons. The van der Waals surface area contributed by atoms with Crippen molar-refractivity contribution in [1.82, 2.24) is 5.32 Å². The predicted octanol–water partition coefficient (Wildman–Crippen LogP) is 2.81. The van der Waals surface area contributed by atoms with Gasteiger partial charge in [0.1, 0.15) is 18.1 Å². The highest BCUT2D eigenvalue weighted by molar-refractivity contribution is 6.32. The van der Waals surface area contributed by atoms with E-state index in [2.05, 4.69) is 10.6 Å². The fraction of sp³-hybridized carbons (Fsp3) is 0.176. The molecule has 126 valence electrons. The third-order valence-corrected chi connectivity index (χ3v) is 3.32. The fourth-order valence-corrected chi connectivity index (χ4v) is 2.13. The summed E-state index contributed by atoms with van der Waals surface area (Å²) in [5, 5.41) is 14.8. The van der Waals surface area contributed by atoms with Crippen LogP contribution in [0.1, 0.15) is 17.3 Å². The number of amides is 2. The minimum absolute atomic E-state index is 0.0735. The van der Waals surface area contributed by atoms with E-state index in [-0.39, 0.29) is 29.2 Å². The molecule has 0 aromatic heterocycles. The average Bonchev–Trinajstić information content (AvgIpc) is 2.53. The zero-order valence-electron chi connectivity index (χ0n) is 13.0. The fourth-order valence-electron chi connectivity index (χ4n) is 1.95. The lowest BCUT2D eigenvalue weighted by atomic mass is 10.2. The van der Waals surface area contributed by atoms with Gasteiger partial charge in [-0.3, -0.25) is 9.59 Å². The number of hydrogen-bond acceptors (Lipinski definition) is 4. The summed E-state index contributed by atoms with van der Waals surface area (Å²) in [6.07, 6.45) is 0.